The number of rotatable bonds is 8. The van der Waals surface area contributed by atoms with Gasteiger partial charge in [-0.25, -0.2) is 4.39 Å². The third-order valence-corrected chi connectivity index (χ3v) is 5.60. The Morgan fingerprint density at radius 1 is 1.10 bits per heavy atom. The fraction of sp³-hybridized carbons (Fsp3) is 0.227. The summed E-state index contributed by atoms with van der Waals surface area (Å²) in [6.07, 6.45) is 3.59. The van der Waals surface area contributed by atoms with E-state index in [1.807, 2.05) is 12.1 Å². The number of hydrogen-bond donors (Lipinski definition) is 2. The molecular weight excluding hydrogens is 409 g/mol. The number of pyridine rings is 1. The summed E-state index contributed by atoms with van der Waals surface area (Å²) in [5.74, 6) is -0.484. The van der Waals surface area contributed by atoms with Crippen molar-refractivity contribution in [2.45, 2.75) is 36.9 Å². The van der Waals surface area contributed by atoms with E-state index in [1.54, 1.807) is 43.6 Å². The molecule has 0 saturated carbocycles. The Bertz CT molecular complexity index is 1090. The third kappa shape index (κ3) is 5.63. The lowest BCUT2D eigenvalue weighted by Gasteiger charge is -2.20. The molecule has 2 atom stereocenters. The Kier molecular flexibility index (Phi) is 6.81. The summed E-state index contributed by atoms with van der Waals surface area (Å²) in [6, 6.07) is 14.1. The van der Waals surface area contributed by atoms with E-state index >= 15 is 0 Å². The Morgan fingerprint density at radius 2 is 1.80 bits per heavy atom. The first-order chi connectivity index (χ1) is 14.2. The summed E-state index contributed by atoms with van der Waals surface area (Å²) in [6.45, 7) is 1.78. The van der Waals surface area contributed by atoms with Crippen molar-refractivity contribution in [1.29, 1.82) is 0 Å². The van der Waals surface area contributed by atoms with Crippen LogP contribution in [0.1, 0.15) is 18.9 Å². The molecule has 3 rings (SSSR count). The van der Waals surface area contributed by atoms with Crippen LogP contribution in [0.2, 0.25) is 0 Å². The standard InChI is InChI=1S/C22H22FNO5S/c1-15(21(25)10-4-16-3-2-12-24-14-16)29-19-8-5-17(6-9-19)18-7-11-22(20(23)13-18)30(26,27)28/h2-3,5-9,11-15,21,25H,4,10H2,1H3,(H,26,27,28). The highest BCUT2D eigenvalue weighted by atomic mass is 32.2. The van der Waals surface area contributed by atoms with Crippen LogP contribution < -0.4 is 4.74 Å². The molecule has 2 aromatic carbocycles. The molecule has 2 N–H and O–H groups in total. The van der Waals surface area contributed by atoms with E-state index in [9.17, 15) is 17.9 Å². The highest BCUT2D eigenvalue weighted by molar-refractivity contribution is 7.85. The quantitative estimate of drug-likeness (QED) is 0.525. The molecule has 30 heavy (non-hydrogen) atoms. The molecule has 158 valence electrons. The predicted octanol–water partition coefficient (Wildman–Crippen LogP) is 3.90. The minimum atomic E-state index is -4.61. The summed E-state index contributed by atoms with van der Waals surface area (Å²) in [5, 5.41) is 10.3. The smallest absolute Gasteiger partial charge is 0.297 e. The predicted molar refractivity (Wildman–Crippen MR) is 110 cm³/mol. The van der Waals surface area contributed by atoms with E-state index in [4.69, 9.17) is 9.29 Å². The Balaban J connectivity index is 1.62. The summed E-state index contributed by atoms with van der Waals surface area (Å²) in [5.41, 5.74) is 2.14. The van der Waals surface area contributed by atoms with E-state index < -0.39 is 33.0 Å². The second-order valence-corrected chi connectivity index (χ2v) is 8.32. The van der Waals surface area contributed by atoms with Crippen molar-refractivity contribution in [2.24, 2.45) is 0 Å². The van der Waals surface area contributed by atoms with E-state index in [1.165, 1.54) is 6.07 Å². The van der Waals surface area contributed by atoms with E-state index in [0.29, 0.717) is 29.7 Å². The zero-order valence-corrected chi connectivity index (χ0v) is 17.1. The van der Waals surface area contributed by atoms with E-state index in [2.05, 4.69) is 4.98 Å². The SMILES string of the molecule is CC(Oc1ccc(-c2ccc(S(=O)(=O)O)c(F)c2)cc1)C(O)CCc1cccnc1. The van der Waals surface area contributed by atoms with Crippen LogP contribution in [0.15, 0.2) is 71.9 Å². The third-order valence-electron chi connectivity index (χ3n) is 4.71. The Labute approximate surface area is 174 Å². The fourth-order valence-electron chi connectivity index (χ4n) is 3.00. The number of aliphatic hydroxyl groups excluding tert-OH is 1. The second kappa shape index (κ2) is 9.34. The Hall–Kier alpha value is -2.81. The average Bonchev–Trinajstić information content (AvgIpc) is 2.72. The van der Waals surface area contributed by atoms with Gasteiger partial charge < -0.3 is 9.84 Å². The molecule has 0 fully saturated rings. The first-order valence-corrected chi connectivity index (χ1v) is 10.8. The zero-order valence-electron chi connectivity index (χ0n) is 16.3. The molecule has 1 aromatic heterocycles. The average molecular weight is 431 g/mol. The van der Waals surface area contributed by atoms with Crippen molar-refractivity contribution in [2.75, 3.05) is 0 Å². The first kappa shape index (κ1) is 21.9. The molecule has 2 unspecified atom stereocenters. The molecule has 0 radical (unpaired) electrons. The van der Waals surface area contributed by atoms with Gasteiger partial charge in [0.15, 0.2) is 0 Å². The maximum atomic E-state index is 14.0. The van der Waals surface area contributed by atoms with Crippen LogP contribution in [0.5, 0.6) is 5.75 Å². The molecule has 0 saturated heterocycles. The van der Waals surface area contributed by atoms with Gasteiger partial charge in [-0.2, -0.15) is 8.42 Å². The van der Waals surface area contributed by atoms with Crippen LogP contribution in [0.3, 0.4) is 0 Å². The number of aryl methyl sites for hydroxylation is 1. The molecule has 0 aliphatic heterocycles. The van der Waals surface area contributed by atoms with Gasteiger partial charge in [-0.1, -0.05) is 24.3 Å². The van der Waals surface area contributed by atoms with Gasteiger partial charge >= 0.3 is 0 Å². The van der Waals surface area contributed by atoms with Gasteiger partial charge in [-0.15, -0.1) is 0 Å². The lowest BCUT2D eigenvalue weighted by Crippen LogP contribution is -2.29. The summed E-state index contributed by atoms with van der Waals surface area (Å²) in [4.78, 5) is 3.29. The Morgan fingerprint density at radius 3 is 2.40 bits per heavy atom. The minimum Gasteiger partial charge on any atom is -0.488 e. The number of ether oxygens (including phenoxy) is 1. The zero-order chi connectivity index (χ0) is 21.7. The van der Waals surface area contributed by atoms with Crippen molar-refractivity contribution in [3.05, 3.63) is 78.4 Å². The number of aliphatic hydroxyl groups is 1. The van der Waals surface area contributed by atoms with Gasteiger partial charge in [0.05, 0.1) is 6.10 Å². The van der Waals surface area contributed by atoms with Crippen LogP contribution in [0, 0.1) is 5.82 Å². The largest absolute Gasteiger partial charge is 0.488 e. The van der Waals surface area contributed by atoms with Crippen LogP contribution >= 0.6 is 0 Å². The second-order valence-electron chi connectivity index (χ2n) is 6.93. The summed E-state index contributed by atoms with van der Waals surface area (Å²) >= 11 is 0. The van der Waals surface area contributed by atoms with Crippen molar-refractivity contribution in [3.8, 4) is 16.9 Å². The molecule has 0 aliphatic carbocycles. The molecular formula is C22H22FNO5S. The highest BCUT2D eigenvalue weighted by Gasteiger charge is 2.18. The maximum Gasteiger partial charge on any atom is 0.297 e. The molecule has 0 bridgehead atoms. The van der Waals surface area contributed by atoms with Crippen molar-refractivity contribution < 1.29 is 27.2 Å². The number of benzene rings is 2. The van der Waals surface area contributed by atoms with Gasteiger partial charge in [0.1, 0.15) is 22.6 Å². The lowest BCUT2D eigenvalue weighted by atomic mass is 10.0. The molecule has 8 heteroatoms. The highest BCUT2D eigenvalue weighted by Crippen LogP contribution is 2.26. The normalized spacial score (nSPS) is 13.6. The van der Waals surface area contributed by atoms with E-state index in [0.717, 1.165) is 17.7 Å². The molecule has 0 aliphatic rings. The van der Waals surface area contributed by atoms with Crippen LogP contribution in [-0.2, 0) is 16.5 Å². The number of nitrogens with zero attached hydrogens (tertiary/aromatic N) is 1. The molecule has 0 amide bonds. The van der Waals surface area contributed by atoms with Crippen LogP contribution in [0.4, 0.5) is 4.39 Å². The first-order valence-electron chi connectivity index (χ1n) is 9.35. The monoisotopic (exact) mass is 431 g/mol. The lowest BCUT2D eigenvalue weighted by molar-refractivity contribution is 0.0420. The number of hydrogen-bond acceptors (Lipinski definition) is 5. The topological polar surface area (TPSA) is 96.7 Å². The van der Waals surface area contributed by atoms with Crippen LogP contribution in [-0.4, -0.2) is 35.3 Å². The maximum absolute atomic E-state index is 14.0. The molecule has 1 heterocycles. The fourth-order valence-corrected chi connectivity index (χ4v) is 3.55. The van der Waals surface area contributed by atoms with Crippen molar-refractivity contribution in [3.63, 3.8) is 0 Å². The van der Waals surface area contributed by atoms with Gasteiger partial charge in [0.2, 0.25) is 0 Å². The molecule has 6 nitrogen and oxygen atoms in total. The van der Waals surface area contributed by atoms with Gasteiger partial charge in [0.25, 0.3) is 10.1 Å². The van der Waals surface area contributed by atoms with Crippen molar-refractivity contribution in [1.82, 2.24) is 4.98 Å². The molecule has 3 aromatic rings. The van der Waals surface area contributed by atoms with Gasteiger partial charge in [-0.3, -0.25) is 9.54 Å². The number of halogens is 1. The summed E-state index contributed by atoms with van der Waals surface area (Å²) in [7, 11) is -4.61. The van der Waals surface area contributed by atoms with Gasteiger partial charge in [0, 0.05) is 12.4 Å². The van der Waals surface area contributed by atoms with Crippen LogP contribution in [0.25, 0.3) is 11.1 Å². The van der Waals surface area contributed by atoms with Gasteiger partial charge in [-0.05, 0) is 66.8 Å². The van der Waals surface area contributed by atoms with E-state index in [-0.39, 0.29) is 0 Å². The minimum absolute atomic E-state index is 0.431. The summed E-state index contributed by atoms with van der Waals surface area (Å²) < 4.78 is 51.0. The van der Waals surface area contributed by atoms with Crippen molar-refractivity contribution >= 4 is 10.1 Å². The number of aromatic nitrogens is 1. The molecule has 0 spiro atoms.